The fourth-order valence-electron chi connectivity index (χ4n) is 3.90. The number of aromatic nitrogens is 1. The van der Waals surface area contributed by atoms with Gasteiger partial charge in [0.2, 0.25) is 5.88 Å². The SMILES string of the molecule is CC(C)(C)[Si](C)(C)OCC1NCCCC1Oc1ncc(C(N)=O)c2sc(-c3ccccc3)cc12. The molecule has 1 amide bonds. The van der Waals surface area contributed by atoms with Crippen molar-refractivity contribution >= 4 is 35.6 Å². The minimum absolute atomic E-state index is 0.0614. The molecule has 3 heterocycles. The molecule has 34 heavy (non-hydrogen) atoms. The van der Waals surface area contributed by atoms with Crippen LogP contribution in [0.4, 0.5) is 0 Å². The summed E-state index contributed by atoms with van der Waals surface area (Å²) in [6.45, 7) is 12.9. The lowest BCUT2D eigenvalue weighted by atomic mass is 10.0. The summed E-state index contributed by atoms with van der Waals surface area (Å²) in [5.74, 6) is 0.0648. The highest BCUT2D eigenvalue weighted by Gasteiger charge is 2.39. The molecule has 2 aromatic heterocycles. The minimum Gasteiger partial charge on any atom is -0.472 e. The molecule has 6 nitrogen and oxygen atoms in total. The number of nitrogens with one attached hydrogen (secondary N) is 1. The van der Waals surface area contributed by atoms with Gasteiger partial charge < -0.3 is 20.2 Å². The first-order valence-electron chi connectivity index (χ1n) is 11.9. The van der Waals surface area contributed by atoms with Gasteiger partial charge in [0.05, 0.1) is 28.3 Å². The second-order valence-corrected chi connectivity index (χ2v) is 16.4. The predicted octanol–water partition coefficient (Wildman–Crippen LogP) is 5.58. The molecule has 3 N–H and O–H groups in total. The smallest absolute Gasteiger partial charge is 0.251 e. The molecule has 1 fully saturated rings. The number of piperidine rings is 1. The minimum atomic E-state index is -1.87. The number of primary amides is 1. The average Bonchev–Trinajstić information content (AvgIpc) is 3.24. The van der Waals surface area contributed by atoms with Crippen LogP contribution in [0.3, 0.4) is 0 Å². The van der Waals surface area contributed by atoms with Crippen LogP contribution in [0.15, 0.2) is 42.6 Å². The maximum Gasteiger partial charge on any atom is 0.251 e. The first-order chi connectivity index (χ1) is 16.1. The maximum absolute atomic E-state index is 12.1. The van der Waals surface area contributed by atoms with Crippen molar-refractivity contribution in [2.75, 3.05) is 13.2 Å². The van der Waals surface area contributed by atoms with E-state index in [-0.39, 0.29) is 17.2 Å². The number of carbonyl (C=O) groups excluding carboxylic acids is 1. The van der Waals surface area contributed by atoms with Gasteiger partial charge in [-0.2, -0.15) is 0 Å². The summed E-state index contributed by atoms with van der Waals surface area (Å²) in [4.78, 5) is 17.7. The van der Waals surface area contributed by atoms with Crippen LogP contribution in [0, 0.1) is 0 Å². The van der Waals surface area contributed by atoms with E-state index in [9.17, 15) is 4.79 Å². The Morgan fingerprint density at radius 1 is 1.26 bits per heavy atom. The molecule has 2 atom stereocenters. The first kappa shape index (κ1) is 24.8. The van der Waals surface area contributed by atoms with Crippen molar-refractivity contribution in [2.24, 2.45) is 5.73 Å². The van der Waals surface area contributed by atoms with Gasteiger partial charge in [0.15, 0.2) is 8.32 Å². The van der Waals surface area contributed by atoms with E-state index < -0.39 is 14.2 Å². The molecule has 1 saturated heterocycles. The number of nitrogens with two attached hydrogens (primary N) is 1. The Morgan fingerprint density at radius 2 is 2.00 bits per heavy atom. The number of thiophene rings is 1. The molecule has 182 valence electrons. The number of ether oxygens (including phenoxy) is 1. The van der Waals surface area contributed by atoms with E-state index >= 15 is 0 Å². The summed E-state index contributed by atoms with van der Waals surface area (Å²) in [6, 6.07) is 12.3. The summed E-state index contributed by atoms with van der Waals surface area (Å²) >= 11 is 1.54. The Bertz CT molecular complexity index is 1160. The van der Waals surface area contributed by atoms with Crippen molar-refractivity contribution in [3.8, 4) is 16.3 Å². The van der Waals surface area contributed by atoms with Gasteiger partial charge in [-0.3, -0.25) is 4.79 Å². The van der Waals surface area contributed by atoms with Crippen LogP contribution in [0.1, 0.15) is 44.0 Å². The van der Waals surface area contributed by atoms with Gasteiger partial charge in [0, 0.05) is 11.1 Å². The molecule has 0 saturated carbocycles. The van der Waals surface area contributed by atoms with Crippen molar-refractivity contribution in [1.29, 1.82) is 0 Å². The van der Waals surface area contributed by atoms with Crippen molar-refractivity contribution in [3.05, 3.63) is 48.2 Å². The molecule has 4 rings (SSSR count). The van der Waals surface area contributed by atoms with Gasteiger partial charge in [-0.05, 0) is 49.1 Å². The van der Waals surface area contributed by atoms with Crippen molar-refractivity contribution in [1.82, 2.24) is 10.3 Å². The van der Waals surface area contributed by atoms with Gasteiger partial charge >= 0.3 is 0 Å². The number of fused-ring (bicyclic) bond motifs is 1. The van der Waals surface area contributed by atoms with E-state index in [0.29, 0.717) is 18.1 Å². The zero-order valence-corrected chi connectivity index (χ0v) is 22.5. The van der Waals surface area contributed by atoms with Gasteiger partial charge in [-0.15, -0.1) is 11.3 Å². The number of nitrogens with zero attached hydrogens (tertiary/aromatic N) is 1. The Labute approximate surface area is 207 Å². The average molecular weight is 498 g/mol. The zero-order valence-electron chi connectivity index (χ0n) is 20.7. The van der Waals surface area contributed by atoms with Gasteiger partial charge in [-0.25, -0.2) is 4.98 Å². The standard InChI is InChI=1S/C26H35N3O3SSi/c1-26(2,3)34(4,5)31-16-20-21(12-9-13-28-20)32-25-18-14-22(17-10-7-6-8-11-17)33-23(18)19(15-29-25)24(27)30/h6-8,10-11,14-15,20-21,28H,9,12-13,16H2,1-5H3,(H2,27,30). The number of pyridine rings is 1. The Balaban J connectivity index is 1.63. The van der Waals surface area contributed by atoms with E-state index in [1.807, 2.05) is 18.2 Å². The molecular formula is C26H35N3O3SSi. The molecule has 8 heteroatoms. The molecule has 0 spiro atoms. The normalized spacial score (nSPS) is 19.3. The summed E-state index contributed by atoms with van der Waals surface area (Å²) in [6.07, 6.45) is 3.44. The first-order valence-corrected chi connectivity index (χ1v) is 15.6. The van der Waals surface area contributed by atoms with Gasteiger partial charge in [-0.1, -0.05) is 51.1 Å². The molecule has 0 bridgehead atoms. The van der Waals surface area contributed by atoms with Crippen LogP contribution in [0.25, 0.3) is 20.5 Å². The van der Waals surface area contributed by atoms with Crippen molar-refractivity contribution < 1.29 is 14.0 Å². The topological polar surface area (TPSA) is 86.5 Å². The third kappa shape index (κ3) is 5.20. The highest BCUT2D eigenvalue weighted by molar-refractivity contribution is 7.22. The monoisotopic (exact) mass is 497 g/mol. The summed E-state index contributed by atoms with van der Waals surface area (Å²) < 4.78 is 13.9. The van der Waals surface area contributed by atoms with Gasteiger partial charge in [0.1, 0.15) is 6.10 Å². The fraction of sp³-hybridized carbons (Fsp3) is 0.462. The lowest BCUT2D eigenvalue weighted by molar-refractivity contribution is 0.0837. The van der Waals surface area contributed by atoms with E-state index in [1.165, 1.54) is 0 Å². The number of hydrogen-bond acceptors (Lipinski definition) is 6. The Morgan fingerprint density at radius 3 is 2.68 bits per heavy atom. The van der Waals surface area contributed by atoms with Crippen molar-refractivity contribution in [3.63, 3.8) is 0 Å². The number of amides is 1. The third-order valence-electron chi connectivity index (χ3n) is 7.06. The molecule has 2 unspecified atom stereocenters. The second kappa shape index (κ2) is 9.77. The molecule has 0 radical (unpaired) electrons. The van der Waals surface area contributed by atoms with E-state index in [4.69, 9.17) is 14.9 Å². The van der Waals surface area contributed by atoms with E-state index in [2.05, 4.69) is 62.4 Å². The summed E-state index contributed by atoms with van der Waals surface area (Å²) in [5, 5.41) is 4.58. The summed E-state index contributed by atoms with van der Waals surface area (Å²) in [5.41, 5.74) is 7.18. The van der Waals surface area contributed by atoms with Crippen molar-refractivity contribution in [2.45, 2.75) is 63.9 Å². The van der Waals surface area contributed by atoms with E-state index in [1.54, 1.807) is 17.5 Å². The number of rotatable bonds is 7. The van der Waals surface area contributed by atoms with Crippen LogP contribution < -0.4 is 15.8 Å². The number of hydrogen-bond donors (Lipinski definition) is 2. The number of carbonyl (C=O) groups is 1. The third-order valence-corrected chi connectivity index (χ3v) is 12.8. The van der Waals surface area contributed by atoms with Gasteiger partial charge in [0.25, 0.3) is 5.91 Å². The molecule has 1 aliphatic rings. The lowest BCUT2D eigenvalue weighted by Crippen LogP contribution is -2.53. The van der Waals surface area contributed by atoms with Crippen LogP contribution in [0.2, 0.25) is 18.1 Å². The van der Waals surface area contributed by atoms with Crippen LogP contribution in [-0.4, -0.2) is 44.5 Å². The Kier molecular flexibility index (Phi) is 7.14. The van der Waals surface area contributed by atoms with E-state index in [0.717, 1.165) is 39.9 Å². The number of benzene rings is 1. The quantitative estimate of drug-likeness (QED) is 0.416. The molecule has 1 aliphatic heterocycles. The highest BCUT2D eigenvalue weighted by atomic mass is 32.1. The molecule has 0 aliphatic carbocycles. The summed E-state index contributed by atoms with van der Waals surface area (Å²) in [7, 11) is -1.87. The highest BCUT2D eigenvalue weighted by Crippen LogP contribution is 2.40. The maximum atomic E-state index is 12.1. The second-order valence-electron chi connectivity index (χ2n) is 10.5. The van der Waals surface area contributed by atoms with Crippen LogP contribution in [0.5, 0.6) is 5.88 Å². The van der Waals surface area contributed by atoms with Crippen LogP contribution in [-0.2, 0) is 4.43 Å². The largest absolute Gasteiger partial charge is 0.472 e. The predicted molar refractivity (Wildman–Crippen MR) is 142 cm³/mol. The molecular weight excluding hydrogens is 462 g/mol. The zero-order chi connectivity index (χ0) is 24.5. The molecule has 1 aromatic carbocycles. The fourth-order valence-corrected chi connectivity index (χ4v) is 6.10. The molecule has 3 aromatic rings. The lowest BCUT2D eigenvalue weighted by Gasteiger charge is -2.39. The Hall–Kier alpha value is -2.26. The van der Waals surface area contributed by atoms with Crippen LogP contribution >= 0.6 is 11.3 Å².